The van der Waals surface area contributed by atoms with E-state index in [0.717, 1.165) is 16.8 Å². The highest BCUT2D eigenvalue weighted by Gasteiger charge is 2.65. The number of benzene rings is 2. The molecule has 0 aliphatic carbocycles. The summed E-state index contributed by atoms with van der Waals surface area (Å²) in [5.74, 6) is -1.35. The molecule has 0 saturated carbocycles. The number of para-hydroxylation sites is 1. The summed E-state index contributed by atoms with van der Waals surface area (Å²) in [4.78, 5) is 27.5. The van der Waals surface area contributed by atoms with Crippen molar-refractivity contribution in [3.63, 3.8) is 0 Å². The number of hydrogen-bond acceptors (Lipinski definition) is 6. The zero-order valence-electron chi connectivity index (χ0n) is 20.6. The number of aliphatic hydroxyl groups excluding tert-OH is 2. The first-order chi connectivity index (χ1) is 16.5. The van der Waals surface area contributed by atoms with Gasteiger partial charge in [0.25, 0.3) is 11.8 Å². The molecule has 2 heterocycles. The molecule has 2 amide bonds. The van der Waals surface area contributed by atoms with E-state index in [4.69, 9.17) is 4.74 Å². The van der Waals surface area contributed by atoms with Crippen molar-refractivity contribution in [1.29, 1.82) is 0 Å². The van der Waals surface area contributed by atoms with Gasteiger partial charge in [0.2, 0.25) is 0 Å². The van der Waals surface area contributed by atoms with Crippen molar-refractivity contribution in [3.05, 3.63) is 59.7 Å². The number of aliphatic hydroxyl groups is 3. The zero-order chi connectivity index (χ0) is 25.5. The number of rotatable bonds is 7. The number of carbonyl (C=O) groups is 2. The van der Waals surface area contributed by atoms with Crippen LogP contribution in [0.3, 0.4) is 0 Å². The molecule has 188 valence electrons. The smallest absolute Gasteiger partial charge is 0.264 e. The van der Waals surface area contributed by atoms with Gasteiger partial charge in [-0.15, -0.1) is 0 Å². The number of carbonyl (C=O) groups excluding carboxylic acids is 2. The third kappa shape index (κ3) is 4.36. The molecule has 4 rings (SSSR count). The molecular weight excluding hydrogens is 448 g/mol. The first-order valence-electron chi connectivity index (χ1n) is 12.0. The van der Waals surface area contributed by atoms with E-state index in [1.165, 1.54) is 6.92 Å². The molecule has 0 bridgehead atoms. The van der Waals surface area contributed by atoms with Crippen LogP contribution in [-0.2, 0) is 26.5 Å². The molecule has 0 radical (unpaired) electrons. The van der Waals surface area contributed by atoms with E-state index in [1.54, 1.807) is 30.9 Å². The van der Waals surface area contributed by atoms with Gasteiger partial charge in [-0.3, -0.25) is 9.59 Å². The standard InChI is InChI=1S/C27H34N2O6/c1-16-23(26(3,4)34)22(13-14-30)35-27(16)20-7-5-6-8-21(20)29(25(27)33)15-18-9-11-19(12-10-18)28-24(32)17(2)31/h5-12,16-17,22-23,30-31,34H,13-15H2,1-4H3,(H,28,32)/t16-,17-,22+,23-,27+/m0/s1. The first-order valence-corrected chi connectivity index (χ1v) is 12.0. The van der Waals surface area contributed by atoms with Crippen LogP contribution in [0.15, 0.2) is 48.5 Å². The minimum Gasteiger partial charge on any atom is -0.396 e. The Hall–Kier alpha value is -2.78. The molecule has 2 aliphatic rings. The minimum atomic E-state index is -1.24. The summed E-state index contributed by atoms with van der Waals surface area (Å²) in [6.45, 7) is 6.99. The Morgan fingerprint density at radius 1 is 1.20 bits per heavy atom. The number of hydrogen-bond donors (Lipinski definition) is 4. The third-order valence-electron chi connectivity index (χ3n) is 7.25. The van der Waals surface area contributed by atoms with Gasteiger partial charge in [-0.2, -0.15) is 0 Å². The molecule has 8 nitrogen and oxygen atoms in total. The van der Waals surface area contributed by atoms with Crippen molar-refractivity contribution < 1.29 is 29.6 Å². The van der Waals surface area contributed by atoms with Crippen LogP contribution >= 0.6 is 0 Å². The van der Waals surface area contributed by atoms with Crippen molar-refractivity contribution in [1.82, 2.24) is 0 Å². The second-order valence-corrected chi connectivity index (χ2v) is 10.1. The maximum Gasteiger partial charge on any atom is 0.264 e. The summed E-state index contributed by atoms with van der Waals surface area (Å²) >= 11 is 0. The largest absolute Gasteiger partial charge is 0.396 e. The predicted molar refractivity (Wildman–Crippen MR) is 132 cm³/mol. The molecule has 4 N–H and O–H groups in total. The zero-order valence-corrected chi connectivity index (χ0v) is 20.6. The quantitative estimate of drug-likeness (QED) is 0.482. The van der Waals surface area contributed by atoms with E-state index < -0.39 is 29.3 Å². The lowest BCUT2D eigenvalue weighted by atomic mass is 9.71. The van der Waals surface area contributed by atoms with Crippen LogP contribution in [0.1, 0.15) is 45.2 Å². The van der Waals surface area contributed by atoms with E-state index in [-0.39, 0.29) is 24.3 Å². The average molecular weight is 483 g/mol. The van der Waals surface area contributed by atoms with Crippen molar-refractivity contribution >= 4 is 23.2 Å². The van der Waals surface area contributed by atoms with Crippen LogP contribution in [0.2, 0.25) is 0 Å². The summed E-state index contributed by atoms with van der Waals surface area (Å²) in [7, 11) is 0. The number of nitrogens with one attached hydrogen (secondary N) is 1. The van der Waals surface area contributed by atoms with Gasteiger partial charge in [0.05, 0.1) is 23.9 Å². The van der Waals surface area contributed by atoms with Gasteiger partial charge in [-0.25, -0.2) is 0 Å². The van der Waals surface area contributed by atoms with Crippen molar-refractivity contribution in [2.45, 2.75) is 64.1 Å². The number of anilines is 2. The van der Waals surface area contributed by atoms with Crippen molar-refractivity contribution in [3.8, 4) is 0 Å². The lowest BCUT2D eigenvalue weighted by molar-refractivity contribution is -0.146. The van der Waals surface area contributed by atoms with Crippen LogP contribution in [0.25, 0.3) is 0 Å². The van der Waals surface area contributed by atoms with Crippen LogP contribution in [0, 0.1) is 11.8 Å². The lowest BCUT2D eigenvalue weighted by Gasteiger charge is -2.34. The molecular formula is C27H34N2O6. The molecule has 8 heteroatoms. The summed E-state index contributed by atoms with van der Waals surface area (Å²) < 4.78 is 6.51. The van der Waals surface area contributed by atoms with Crippen molar-refractivity contribution in [2.24, 2.45) is 11.8 Å². The van der Waals surface area contributed by atoms with E-state index in [2.05, 4.69) is 5.32 Å². The van der Waals surface area contributed by atoms with Crippen LogP contribution in [0.4, 0.5) is 11.4 Å². The fourth-order valence-corrected chi connectivity index (χ4v) is 5.71. The number of nitrogens with zero attached hydrogens (tertiary/aromatic N) is 1. The number of ether oxygens (including phenoxy) is 1. The molecule has 0 unspecified atom stereocenters. The van der Waals surface area contributed by atoms with E-state index in [0.29, 0.717) is 18.7 Å². The van der Waals surface area contributed by atoms with E-state index in [1.807, 2.05) is 43.3 Å². The molecule has 0 aromatic heterocycles. The highest BCUT2D eigenvalue weighted by Crippen LogP contribution is 2.57. The average Bonchev–Trinajstić information content (AvgIpc) is 3.22. The van der Waals surface area contributed by atoms with Crippen LogP contribution in [-0.4, -0.2) is 51.5 Å². The van der Waals surface area contributed by atoms with Crippen molar-refractivity contribution in [2.75, 3.05) is 16.8 Å². The summed E-state index contributed by atoms with van der Waals surface area (Å²) in [5.41, 5.74) is 0.598. The Morgan fingerprint density at radius 2 is 1.86 bits per heavy atom. The fraction of sp³-hybridized carbons (Fsp3) is 0.481. The molecule has 2 aromatic rings. The fourth-order valence-electron chi connectivity index (χ4n) is 5.71. The minimum absolute atomic E-state index is 0.0997. The van der Waals surface area contributed by atoms with Gasteiger partial charge >= 0.3 is 0 Å². The topological polar surface area (TPSA) is 119 Å². The van der Waals surface area contributed by atoms with Gasteiger partial charge in [-0.1, -0.05) is 37.3 Å². The summed E-state index contributed by atoms with van der Waals surface area (Å²) in [5, 5.41) is 32.6. The molecule has 2 aliphatic heterocycles. The SMILES string of the molecule is C[C@H](O)C(=O)Nc1ccc(CN2C(=O)[C@]3(O[C@H](CCO)[C@@H](C(C)(C)O)[C@@H]3C)c3ccccc32)cc1. The molecule has 5 atom stereocenters. The van der Waals surface area contributed by atoms with Crippen LogP contribution < -0.4 is 10.2 Å². The Kier molecular flexibility index (Phi) is 6.76. The predicted octanol–water partition coefficient (Wildman–Crippen LogP) is 2.55. The molecule has 1 fully saturated rings. The Bertz CT molecular complexity index is 1090. The molecule has 1 saturated heterocycles. The molecule has 35 heavy (non-hydrogen) atoms. The Balaban J connectivity index is 1.66. The van der Waals surface area contributed by atoms with Gasteiger partial charge in [-0.05, 0) is 51.0 Å². The highest BCUT2D eigenvalue weighted by molar-refractivity contribution is 6.07. The normalized spacial score (nSPS) is 26.8. The Morgan fingerprint density at radius 3 is 2.46 bits per heavy atom. The maximum atomic E-state index is 14.1. The van der Waals surface area contributed by atoms with Gasteiger partial charge in [0.15, 0.2) is 5.60 Å². The van der Waals surface area contributed by atoms with Crippen LogP contribution in [0.5, 0.6) is 0 Å². The second kappa shape index (κ2) is 9.35. The highest BCUT2D eigenvalue weighted by atomic mass is 16.5. The number of amides is 2. The van der Waals surface area contributed by atoms with E-state index >= 15 is 0 Å². The monoisotopic (exact) mass is 482 g/mol. The second-order valence-electron chi connectivity index (χ2n) is 10.1. The molecule has 1 spiro atoms. The summed E-state index contributed by atoms with van der Waals surface area (Å²) in [6, 6.07) is 14.7. The Labute approximate surface area is 205 Å². The lowest BCUT2D eigenvalue weighted by Crippen LogP contribution is -2.46. The number of fused-ring (bicyclic) bond motifs is 2. The molecule has 2 aromatic carbocycles. The maximum absolute atomic E-state index is 14.1. The van der Waals surface area contributed by atoms with Gasteiger partial charge in [0, 0.05) is 29.7 Å². The summed E-state index contributed by atoms with van der Waals surface area (Å²) in [6.07, 6.45) is -1.25. The third-order valence-corrected chi connectivity index (χ3v) is 7.25. The first kappa shape index (κ1) is 25.3. The van der Waals surface area contributed by atoms with Gasteiger partial charge < -0.3 is 30.3 Å². The van der Waals surface area contributed by atoms with E-state index in [9.17, 15) is 24.9 Å². The van der Waals surface area contributed by atoms with Gasteiger partial charge in [0.1, 0.15) is 6.10 Å².